The van der Waals surface area contributed by atoms with Crippen LogP contribution in [0, 0.1) is 16.7 Å². The van der Waals surface area contributed by atoms with Crippen LogP contribution in [-0.2, 0) is 9.47 Å². The van der Waals surface area contributed by atoms with Gasteiger partial charge in [0.15, 0.2) is 5.76 Å². The molecule has 0 unspecified atom stereocenters. The van der Waals surface area contributed by atoms with E-state index in [1.807, 2.05) is 0 Å². The molecule has 1 aliphatic heterocycles. The van der Waals surface area contributed by atoms with Gasteiger partial charge in [0.05, 0.1) is 25.9 Å². The zero-order chi connectivity index (χ0) is 11.8. The van der Waals surface area contributed by atoms with Crippen molar-refractivity contribution in [3.63, 3.8) is 0 Å². The van der Waals surface area contributed by atoms with Crippen molar-refractivity contribution in [2.45, 2.75) is 26.7 Å². The average molecular weight is 217 g/mol. The fraction of sp³-hybridized carbons (Fsp3) is 0.462. The Morgan fingerprint density at radius 1 is 1.50 bits per heavy atom. The third-order valence-corrected chi connectivity index (χ3v) is 3.18. The average Bonchev–Trinajstić information content (AvgIpc) is 2.50. The van der Waals surface area contributed by atoms with Crippen molar-refractivity contribution in [1.29, 1.82) is 5.26 Å². The van der Waals surface area contributed by atoms with Crippen molar-refractivity contribution in [3.05, 3.63) is 35.0 Å². The van der Waals surface area contributed by atoms with E-state index < -0.39 is 0 Å². The summed E-state index contributed by atoms with van der Waals surface area (Å²) in [7, 11) is 1.63. The summed E-state index contributed by atoms with van der Waals surface area (Å²) in [6.45, 7) is 4.30. The number of ether oxygens (including phenoxy) is 2. The molecule has 3 heteroatoms. The minimum atomic E-state index is 0.0161. The monoisotopic (exact) mass is 217 g/mol. The molecule has 1 heterocycles. The minimum Gasteiger partial charge on any atom is -0.493 e. The Balaban J connectivity index is 2.53. The quantitative estimate of drug-likeness (QED) is 0.714. The van der Waals surface area contributed by atoms with E-state index in [0.29, 0.717) is 6.42 Å². The Morgan fingerprint density at radius 2 is 2.25 bits per heavy atom. The highest BCUT2D eigenvalue weighted by molar-refractivity contribution is 5.55. The molecule has 0 atom stereocenters. The SMILES string of the molecule is COC1=COC=C2CC(C)(C)C(CC#N)=C21. The largest absolute Gasteiger partial charge is 0.493 e. The van der Waals surface area contributed by atoms with Gasteiger partial charge in [0.25, 0.3) is 0 Å². The molecule has 0 spiro atoms. The number of hydrogen-bond acceptors (Lipinski definition) is 3. The third-order valence-electron chi connectivity index (χ3n) is 3.18. The van der Waals surface area contributed by atoms with Crippen LogP contribution in [0.15, 0.2) is 35.0 Å². The van der Waals surface area contributed by atoms with Gasteiger partial charge < -0.3 is 9.47 Å². The molecule has 0 amide bonds. The maximum absolute atomic E-state index is 8.91. The van der Waals surface area contributed by atoms with E-state index in [4.69, 9.17) is 14.7 Å². The highest BCUT2D eigenvalue weighted by atomic mass is 16.5. The summed E-state index contributed by atoms with van der Waals surface area (Å²) < 4.78 is 10.5. The lowest BCUT2D eigenvalue weighted by molar-refractivity contribution is 0.265. The highest BCUT2D eigenvalue weighted by Gasteiger charge is 2.38. The van der Waals surface area contributed by atoms with Crippen LogP contribution >= 0.6 is 0 Å². The van der Waals surface area contributed by atoms with E-state index in [0.717, 1.165) is 28.9 Å². The normalized spacial score (nSPS) is 21.6. The van der Waals surface area contributed by atoms with E-state index in [2.05, 4.69) is 19.9 Å². The van der Waals surface area contributed by atoms with Gasteiger partial charge in [-0.25, -0.2) is 0 Å². The summed E-state index contributed by atoms with van der Waals surface area (Å²) in [6.07, 6.45) is 4.70. The lowest BCUT2D eigenvalue weighted by Crippen LogP contribution is -2.10. The number of rotatable bonds is 2. The summed E-state index contributed by atoms with van der Waals surface area (Å²) >= 11 is 0. The Bertz CT molecular complexity index is 447. The maximum Gasteiger partial charge on any atom is 0.161 e. The number of fused-ring (bicyclic) bond motifs is 1. The second kappa shape index (κ2) is 3.71. The molecule has 1 aliphatic carbocycles. The zero-order valence-corrected chi connectivity index (χ0v) is 9.83. The maximum atomic E-state index is 8.91. The molecule has 0 aromatic rings. The van der Waals surface area contributed by atoms with E-state index >= 15 is 0 Å². The molecule has 0 saturated carbocycles. The Hall–Kier alpha value is -1.69. The topological polar surface area (TPSA) is 42.2 Å². The molecule has 2 rings (SSSR count). The first-order valence-electron chi connectivity index (χ1n) is 5.30. The molecule has 0 radical (unpaired) electrons. The van der Waals surface area contributed by atoms with Crippen molar-refractivity contribution in [2.24, 2.45) is 5.41 Å². The predicted molar refractivity (Wildman–Crippen MR) is 59.9 cm³/mol. The van der Waals surface area contributed by atoms with Crippen molar-refractivity contribution in [1.82, 2.24) is 0 Å². The second-order valence-electron chi connectivity index (χ2n) is 4.71. The lowest BCUT2D eigenvalue weighted by atomic mass is 9.83. The first kappa shape index (κ1) is 10.8. The van der Waals surface area contributed by atoms with E-state index in [-0.39, 0.29) is 5.41 Å². The first-order chi connectivity index (χ1) is 7.60. The van der Waals surface area contributed by atoms with Gasteiger partial charge in [-0.1, -0.05) is 13.8 Å². The van der Waals surface area contributed by atoms with E-state index in [1.165, 1.54) is 0 Å². The lowest BCUT2D eigenvalue weighted by Gasteiger charge is -2.20. The molecule has 0 aromatic heterocycles. The van der Waals surface area contributed by atoms with Crippen molar-refractivity contribution in [2.75, 3.05) is 7.11 Å². The molecule has 3 nitrogen and oxygen atoms in total. The highest BCUT2D eigenvalue weighted by Crippen LogP contribution is 2.50. The number of nitrogens with zero attached hydrogens (tertiary/aromatic N) is 1. The number of allylic oxidation sites excluding steroid dienone is 2. The Morgan fingerprint density at radius 3 is 2.88 bits per heavy atom. The van der Waals surface area contributed by atoms with Crippen LogP contribution in [0.25, 0.3) is 0 Å². The number of nitriles is 1. The molecule has 0 N–H and O–H groups in total. The molecular weight excluding hydrogens is 202 g/mol. The standard InChI is InChI=1S/C13H15NO2/c1-13(2)6-9-7-16-8-11(15-3)12(9)10(13)4-5-14/h7-8H,4,6H2,1-3H3. The van der Waals surface area contributed by atoms with E-state index in [9.17, 15) is 0 Å². The van der Waals surface area contributed by atoms with Crippen LogP contribution in [0.4, 0.5) is 0 Å². The van der Waals surface area contributed by atoms with Gasteiger partial charge in [-0.05, 0) is 23.0 Å². The van der Waals surface area contributed by atoms with Crippen LogP contribution in [0.5, 0.6) is 0 Å². The Kier molecular flexibility index (Phi) is 2.51. The summed E-state index contributed by atoms with van der Waals surface area (Å²) in [5, 5.41) is 8.91. The van der Waals surface area contributed by atoms with Gasteiger partial charge in [-0.2, -0.15) is 5.26 Å². The summed E-state index contributed by atoms with van der Waals surface area (Å²) in [5.41, 5.74) is 3.37. The summed E-state index contributed by atoms with van der Waals surface area (Å²) in [6, 6.07) is 2.23. The van der Waals surface area contributed by atoms with Gasteiger partial charge >= 0.3 is 0 Å². The van der Waals surface area contributed by atoms with Crippen molar-refractivity contribution >= 4 is 0 Å². The van der Waals surface area contributed by atoms with Crippen LogP contribution in [-0.4, -0.2) is 7.11 Å². The molecule has 2 aliphatic rings. The van der Waals surface area contributed by atoms with Crippen LogP contribution in [0.3, 0.4) is 0 Å². The van der Waals surface area contributed by atoms with Crippen molar-refractivity contribution < 1.29 is 9.47 Å². The van der Waals surface area contributed by atoms with Gasteiger partial charge in [-0.3, -0.25) is 0 Å². The van der Waals surface area contributed by atoms with Crippen LogP contribution in [0.2, 0.25) is 0 Å². The second-order valence-corrected chi connectivity index (χ2v) is 4.71. The van der Waals surface area contributed by atoms with E-state index in [1.54, 1.807) is 19.6 Å². The Labute approximate surface area is 95.7 Å². The third kappa shape index (κ3) is 1.51. The fourth-order valence-electron chi connectivity index (χ4n) is 2.40. The van der Waals surface area contributed by atoms with Crippen molar-refractivity contribution in [3.8, 4) is 6.07 Å². The molecule has 0 saturated heterocycles. The van der Waals surface area contributed by atoms with Gasteiger partial charge in [0.2, 0.25) is 0 Å². The smallest absolute Gasteiger partial charge is 0.161 e. The molecule has 16 heavy (non-hydrogen) atoms. The molecular formula is C13H15NO2. The first-order valence-corrected chi connectivity index (χ1v) is 5.30. The number of methoxy groups -OCH3 is 1. The summed E-state index contributed by atoms with van der Waals surface area (Å²) in [4.78, 5) is 0. The molecule has 84 valence electrons. The molecule has 0 fully saturated rings. The molecule has 0 bridgehead atoms. The zero-order valence-electron chi connectivity index (χ0n) is 9.83. The van der Waals surface area contributed by atoms with Gasteiger partial charge in [0, 0.05) is 5.57 Å². The minimum absolute atomic E-state index is 0.0161. The number of hydrogen-bond donors (Lipinski definition) is 0. The van der Waals surface area contributed by atoms with Gasteiger partial charge in [0.1, 0.15) is 6.26 Å². The van der Waals surface area contributed by atoms with Crippen LogP contribution < -0.4 is 0 Å². The van der Waals surface area contributed by atoms with Gasteiger partial charge in [-0.15, -0.1) is 0 Å². The fourth-order valence-corrected chi connectivity index (χ4v) is 2.40. The summed E-state index contributed by atoms with van der Waals surface area (Å²) in [5.74, 6) is 0.730. The predicted octanol–water partition coefficient (Wildman–Crippen LogP) is 3.03. The van der Waals surface area contributed by atoms with Crippen LogP contribution in [0.1, 0.15) is 26.7 Å². The molecule has 0 aromatic carbocycles.